The highest BCUT2D eigenvalue weighted by molar-refractivity contribution is 5.71. The molecule has 2 nitrogen and oxygen atoms in total. The first-order chi connectivity index (χ1) is 9.19. The molecule has 0 aliphatic rings. The van der Waals surface area contributed by atoms with E-state index in [1.165, 1.54) is 16.8 Å². The standard InChI is InChI=1S/C17H20N2/c1-18-16-10-6-14(7-11-16)4-5-15-8-12-17(13-9-15)19(2)3/h4-13,18H,1-3H3/b5-4+. The lowest BCUT2D eigenvalue weighted by molar-refractivity contribution is 1.13. The van der Waals surface area contributed by atoms with Crippen LogP contribution in [0, 0.1) is 0 Å². The highest BCUT2D eigenvalue weighted by Crippen LogP contribution is 2.15. The Morgan fingerprint density at radius 2 is 1.26 bits per heavy atom. The van der Waals surface area contributed by atoms with Crippen LogP contribution in [0.2, 0.25) is 0 Å². The minimum atomic E-state index is 1.13. The molecule has 2 heteroatoms. The van der Waals surface area contributed by atoms with Crippen molar-refractivity contribution in [3.63, 3.8) is 0 Å². The molecule has 19 heavy (non-hydrogen) atoms. The molecule has 1 N–H and O–H groups in total. The summed E-state index contributed by atoms with van der Waals surface area (Å²) >= 11 is 0. The largest absolute Gasteiger partial charge is 0.388 e. The summed E-state index contributed by atoms with van der Waals surface area (Å²) in [5, 5.41) is 3.12. The molecule has 0 atom stereocenters. The van der Waals surface area contributed by atoms with E-state index >= 15 is 0 Å². The van der Waals surface area contributed by atoms with E-state index in [1.54, 1.807) is 0 Å². The molecule has 0 bridgehead atoms. The van der Waals surface area contributed by atoms with Gasteiger partial charge in [0.2, 0.25) is 0 Å². The normalized spacial score (nSPS) is 10.7. The first kappa shape index (κ1) is 13.2. The van der Waals surface area contributed by atoms with Gasteiger partial charge in [-0.3, -0.25) is 0 Å². The summed E-state index contributed by atoms with van der Waals surface area (Å²) in [4.78, 5) is 2.10. The van der Waals surface area contributed by atoms with Gasteiger partial charge in [0, 0.05) is 32.5 Å². The summed E-state index contributed by atoms with van der Waals surface area (Å²) in [5.41, 5.74) is 4.77. The molecule has 2 rings (SSSR count). The van der Waals surface area contributed by atoms with E-state index in [9.17, 15) is 0 Å². The zero-order valence-electron chi connectivity index (χ0n) is 11.7. The molecule has 0 heterocycles. The van der Waals surface area contributed by atoms with Gasteiger partial charge >= 0.3 is 0 Å². The lowest BCUT2D eigenvalue weighted by Gasteiger charge is -2.11. The lowest BCUT2D eigenvalue weighted by Crippen LogP contribution is -2.07. The number of rotatable bonds is 4. The van der Waals surface area contributed by atoms with Gasteiger partial charge in [-0.1, -0.05) is 36.4 Å². The van der Waals surface area contributed by atoms with Crippen LogP contribution < -0.4 is 10.2 Å². The van der Waals surface area contributed by atoms with Crippen LogP contribution in [0.3, 0.4) is 0 Å². The van der Waals surface area contributed by atoms with E-state index in [2.05, 4.69) is 70.9 Å². The smallest absolute Gasteiger partial charge is 0.0361 e. The predicted molar refractivity (Wildman–Crippen MR) is 85.7 cm³/mol. The molecule has 0 radical (unpaired) electrons. The molecule has 0 saturated heterocycles. The van der Waals surface area contributed by atoms with Gasteiger partial charge in [0.15, 0.2) is 0 Å². The van der Waals surface area contributed by atoms with Gasteiger partial charge in [0.1, 0.15) is 0 Å². The van der Waals surface area contributed by atoms with Crippen molar-refractivity contribution in [3.05, 3.63) is 59.7 Å². The van der Waals surface area contributed by atoms with Crippen LogP contribution in [0.1, 0.15) is 11.1 Å². The van der Waals surface area contributed by atoms with Gasteiger partial charge in [0.25, 0.3) is 0 Å². The van der Waals surface area contributed by atoms with Crippen molar-refractivity contribution in [2.24, 2.45) is 0 Å². The van der Waals surface area contributed by atoms with Crippen LogP contribution >= 0.6 is 0 Å². The monoisotopic (exact) mass is 252 g/mol. The number of benzene rings is 2. The van der Waals surface area contributed by atoms with Gasteiger partial charge < -0.3 is 10.2 Å². The van der Waals surface area contributed by atoms with Crippen LogP contribution in [-0.4, -0.2) is 21.1 Å². The first-order valence-corrected chi connectivity index (χ1v) is 6.42. The Morgan fingerprint density at radius 3 is 1.68 bits per heavy atom. The second kappa shape index (κ2) is 6.10. The van der Waals surface area contributed by atoms with Crippen LogP contribution in [0.5, 0.6) is 0 Å². The maximum atomic E-state index is 3.12. The summed E-state index contributed by atoms with van der Waals surface area (Å²) < 4.78 is 0. The molecule has 98 valence electrons. The van der Waals surface area contributed by atoms with Crippen molar-refractivity contribution < 1.29 is 0 Å². The predicted octanol–water partition coefficient (Wildman–Crippen LogP) is 3.96. The van der Waals surface area contributed by atoms with E-state index < -0.39 is 0 Å². The van der Waals surface area contributed by atoms with Crippen molar-refractivity contribution in [2.45, 2.75) is 0 Å². The molecule has 0 amide bonds. The number of nitrogens with one attached hydrogen (secondary N) is 1. The maximum absolute atomic E-state index is 3.12. The van der Waals surface area contributed by atoms with Gasteiger partial charge in [0.05, 0.1) is 0 Å². The molecule has 0 unspecified atom stereocenters. The van der Waals surface area contributed by atoms with Gasteiger partial charge in [-0.05, 0) is 35.4 Å². The number of anilines is 2. The Bertz CT molecular complexity index is 536. The Balaban J connectivity index is 2.08. The summed E-state index contributed by atoms with van der Waals surface area (Å²) in [5.74, 6) is 0. The highest BCUT2D eigenvalue weighted by Gasteiger charge is 1.94. The molecule has 2 aromatic rings. The van der Waals surface area contributed by atoms with Crippen LogP contribution in [0.15, 0.2) is 48.5 Å². The number of hydrogen-bond acceptors (Lipinski definition) is 2. The molecular weight excluding hydrogens is 232 g/mol. The second-order valence-corrected chi connectivity index (χ2v) is 4.69. The van der Waals surface area contributed by atoms with Crippen molar-refractivity contribution in [2.75, 3.05) is 31.4 Å². The quantitative estimate of drug-likeness (QED) is 0.828. The third-order valence-electron chi connectivity index (χ3n) is 3.08. The Morgan fingerprint density at radius 1 is 0.789 bits per heavy atom. The van der Waals surface area contributed by atoms with E-state index in [0.29, 0.717) is 0 Å². The Hall–Kier alpha value is -2.22. The molecule has 2 aromatic carbocycles. The second-order valence-electron chi connectivity index (χ2n) is 4.69. The average molecular weight is 252 g/mol. The molecule has 0 spiro atoms. The summed E-state index contributed by atoms with van der Waals surface area (Å²) in [6, 6.07) is 16.9. The van der Waals surface area contributed by atoms with Crippen molar-refractivity contribution >= 4 is 23.5 Å². The Kier molecular flexibility index (Phi) is 4.24. The lowest BCUT2D eigenvalue weighted by atomic mass is 10.1. The van der Waals surface area contributed by atoms with E-state index in [1.807, 2.05) is 21.1 Å². The van der Waals surface area contributed by atoms with Gasteiger partial charge in [-0.15, -0.1) is 0 Å². The van der Waals surface area contributed by atoms with Gasteiger partial charge in [-0.25, -0.2) is 0 Å². The fourth-order valence-electron chi connectivity index (χ4n) is 1.84. The van der Waals surface area contributed by atoms with Crippen molar-refractivity contribution in [1.82, 2.24) is 0 Å². The zero-order chi connectivity index (χ0) is 13.7. The fraction of sp³-hybridized carbons (Fsp3) is 0.176. The van der Waals surface area contributed by atoms with Crippen LogP contribution in [-0.2, 0) is 0 Å². The van der Waals surface area contributed by atoms with Crippen LogP contribution in [0.4, 0.5) is 11.4 Å². The maximum Gasteiger partial charge on any atom is 0.0361 e. The highest BCUT2D eigenvalue weighted by atomic mass is 15.1. The summed E-state index contributed by atoms with van der Waals surface area (Å²) in [6.45, 7) is 0. The third-order valence-corrected chi connectivity index (χ3v) is 3.08. The fourth-order valence-corrected chi connectivity index (χ4v) is 1.84. The summed E-state index contributed by atoms with van der Waals surface area (Å²) in [7, 11) is 6.03. The first-order valence-electron chi connectivity index (χ1n) is 6.42. The number of nitrogens with zero attached hydrogens (tertiary/aromatic N) is 1. The average Bonchev–Trinajstić information content (AvgIpc) is 2.46. The molecule has 0 aliphatic heterocycles. The minimum Gasteiger partial charge on any atom is -0.388 e. The summed E-state index contributed by atoms with van der Waals surface area (Å²) in [6.07, 6.45) is 4.26. The van der Waals surface area contributed by atoms with Crippen molar-refractivity contribution in [1.29, 1.82) is 0 Å². The molecule has 0 fully saturated rings. The molecule has 0 aliphatic carbocycles. The topological polar surface area (TPSA) is 15.3 Å². The third kappa shape index (κ3) is 3.62. The zero-order valence-corrected chi connectivity index (χ0v) is 11.7. The molecular formula is C17H20N2. The van der Waals surface area contributed by atoms with Crippen molar-refractivity contribution in [3.8, 4) is 0 Å². The van der Waals surface area contributed by atoms with E-state index in [4.69, 9.17) is 0 Å². The molecule has 0 aromatic heterocycles. The SMILES string of the molecule is CNc1ccc(/C=C/c2ccc(N(C)C)cc2)cc1. The number of hydrogen-bond donors (Lipinski definition) is 1. The van der Waals surface area contributed by atoms with Crippen LogP contribution in [0.25, 0.3) is 12.2 Å². The minimum absolute atomic E-state index is 1.13. The van der Waals surface area contributed by atoms with E-state index in [-0.39, 0.29) is 0 Å². The van der Waals surface area contributed by atoms with E-state index in [0.717, 1.165) is 5.69 Å². The molecule has 0 saturated carbocycles. The van der Waals surface area contributed by atoms with Gasteiger partial charge in [-0.2, -0.15) is 0 Å². The Labute approximate surface area is 115 Å².